The summed E-state index contributed by atoms with van der Waals surface area (Å²) < 4.78 is 0. The molecule has 0 spiro atoms. The molecule has 4 heterocycles. The molecule has 0 unspecified atom stereocenters. The normalized spacial score (nSPS) is 20.7. The van der Waals surface area contributed by atoms with Crippen LogP contribution in [0.1, 0.15) is 50.9 Å². The topological polar surface area (TPSA) is 86.4 Å². The lowest BCUT2D eigenvalue weighted by Gasteiger charge is -2.39. The minimum atomic E-state index is -0.201. The largest absolute Gasteiger partial charge is 0.343 e. The molecule has 2 amide bonds. The Kier molecular flexibility index (Phi) is 5.80. The second kappa shape index (κ2) is 8.49. The summed E-state index contributed by atoms with van der Waals surface area (Å²) in [6, 6.07) is 3.26. The molecule has 0 aromatic carbocycles. The number of carbonyl (C=O) groups is 2. The second-order valence-electron chi connectivity index (χ2n) is 7.85. The van der Waals surface area contributed by atoms with E-state index in [1.54, 1.807) is 23.2 Å². The van der Waals surface area contributed by atoms with Crippen LogP contribution in [-0.4, -0.2) is 51.2 Å². The predicted molar refractivity (Wildman–Crippen MR) is 111 cm³/mol. The summed E-state index contributed by atoms with van der Waals surface area (Å²) in [7, 11) is 0. The van der Waals surface area contributed by atoms with E-state index in [2.05, 4.69) is 4.98 Å². The van der Waals surface area contributed by atoms with Crippen molar-refractivity contribution in [2.24, 2.45) is 5.92 Å². The molecule has 0 aliphatic carbocycles. The highest BCUT2D eigenvalue weighted by molar-refractivity contribution is 7.08. The van der Waals surface area contributed by atoms with Gasteiger partial charge in [0, 0.05) is 49.5 Å². The van der Waals surface area contributed by atoms with Gasteiger partial charge in [0.05, 0.1) is 11.7 Å². The van der Waals surface area contributed by atoms with Gasteiger partial charge in [-0.2, -0.15) is 11.3 Å². The van der Waals surface area contributed by atoms with Gasteiger partial charge in [0.2, 0.25) is 11.8 Å². The lowest BCUT2D eigenvalue weighted by atomic mass is 9.92. The van der Waals surface area contributed by atoms with Crippen LogP contribution < -0.4 is 5.56 Å². The van der Waals surface area contributed by atoms with E-state index in [1.165, 1.54) is 6.07 Å². The van der Waals surface area contributed by atoms with Crippen LogP contribution in [-0.2, 0) is 9.59 Å². The third-order valence-corrected chi connectivity index (χ3v) is 6.65. The number of hydrogen-bond donors (Lipinski definition) is 1. The molecule has 2 saturated heterocycles. The molecule has 2 aliphatic heterocycles. The second-order valence-corrected chi connectivity index (χ2v) is 8.63. The van der Waals surface area contributed by atoms with Gasteiger partial charge in [-0.1, -0.05) is 0 Å². The van der Waals surface area contributed by atoms with Gasteiger partial charge in [-0.05, 0) is 43.6 Å². The summed E-state index contributed by atoms with van der Waals surface area (Å²) in [6.45, 7) is 3.52. The summed E-state index contributed by atoms with van der Waals surface area (Å²) in [5.74, 6) is 0.700. The van der Waals surface area contributed by atoms with Crippen LogP contribution in [0.2, 0.25) is 0 Å². The van der Waals surface area contributed by atoms with Crippen LogP contribution >= 0.6 is 11.3 Å². The van der Waals surface area contributed by atoms with Crippen molar-refractivity contribution in [3.63, 3.8) is 0 Å². The van der Waals surface area contributed by atoms with E-state index in [-0.39, 0.29) is 29.3 Å². The van der Waals surface area contributed by atoms with Crippen molar-refractivity contribution < 1.29 is 9.59 Å². The number of amides is 2. The summed E-state index contributed by atoms with van der Waals surface area (Å²) in [5.41, 5.74) is 1.38. The van der Waals surface area contributed by atoms with Gasteiger partial charge in [-0.3, -0.25) is 14.4 Å². The van der Waals surface area contributed by atoms with Gasteiger partial charge in [0.15, 0.2) is 0 Å². The van der Waals surface area contributed by atoms with Crippen molar-refractivity contribution >= 4 is 23.2 Å². The average molecular weight is 415 g/mol. The molecule has 0 saturated carbocycles. The zero-order valence-electron chi connectivity index (χ0n) is 16.6. The third kappa shape index (κ3) is 4.27. The van der Waals surface area contributed by atoms with Crippen LogP contribution in [0, 0.1) is 5.92 Å². The highest BCUT2D eigenvalue weighted by Crippen LogP contribution is 2.32. The van der Waals surface area contributed by atoms with E-state index < -0.39 is 0 Å². The number of H-pyrrole nitrogens is 1. The van der Waals surface area contributed by atoms with Crippen molar-refractivity contribution in [2.75, 3.05) is 19.6 Å². The molecular weight excluding hydrogens is 388 g/mol. The molecule has 0 radical (unpaired) electrons. The Balaban J connectivity index is 1.56. The summed E-state index contributed by atoms with van der Waals surface area (Å²) in [4.78, 5) is 48.5. The van der Waals surface area contributed by atoms with Crippen molar-refractivity contribution in [1.29, 1.82) is 0 Å². The first kappa shape index (κ1) is 19.8. The van der Waals surface area contributed by atoms with E-state index in [0.717, 1.165) is 24.8 Å². The monoisotopic (exact) mass is 414 g/mol. The van der Waals surface area contributed by atoms with Crippen molar-refractivity contribution in [2.45, 2.75) is 45.1 Å². The highest BCUT2D eigenvalue weighted by atomic mass is 32.1. The molecular formula is C21H26N4O3S. The zero-order valence-corrected chi connectivity index (χ0v) is 17.4. The van der Waals surface area contributed by atoms with E-state index >= 15 is 0 Å². The van der Waals surface area contributed by atoms with Crippen LogP contribution in [0.25, 0.3) is 11.3 Å². The molecule has 2 fully saturated rings. The van der Waals surface area contributed by atoms with E-state index in [9.17, 15) is 14.4 Å². The van der Waals surface area contributed by atoms with Gasteiger partial charge in [0.1, 0.15) is 5.82 Å². The van der Waals surface area contributed by atoms with Gasteiger partial charge in [-0.15, -0.1) is 0 Å². The number of aromatic nitrogens is 2. The molecule has 154 valence electrons. The first-order chi connectivity index (χ1) is 14.0. The first-order valence-corrected chi connectivity index (χ1v) is 11.2. The van der Waals surface area contributed by atoms with Crippen LogP contribution in [0.3, 0.4) is 0 Å². The number of thiophene rings is 1. The zero-order chi connectivity index (χ0) is 20.4. The minimum Gasteiger partial charge on any atom is -0.343 e. The van der Waals surface area contributed by atoms with Gasteiger partial charge >= 0.3 is 0 Å². The maximum atomic E-state index is 13.3. The number of likely N-dealkylation sites (tertiary alicyclic amines) is 2. The van der Waals surface area contributed by atoms with E-state index in [0.29, 0.717) is 44.0 Å². The fraction of sp³-hybridized carbons (Fsp3) is 0.524. The fourth-order valence-corrected chi connectivity index (χ4v) is 5.00. The number of carbonyl (C=O) groups excluding carboxylic acids is 2. The molecule has 4 rings (SSSR count). The van der Waals surface area contributed by atoms with Crippen LogP contribution in [0.4, 0.5) is 0 Å². The third-order valence-electron chi connectivity index (χ3n) is 5.97. The molecule has 7 nitrogen and oxygen atoms in total. The molecule has 0 bridgehead atoms. The number of hydrogen-bond acceptors (Lipinski definition) is 5. The number of rotatable bonds is 3. The Bertz CT molecular complexity index is 932. The van der Waals surface area contributed by atoms with E-state index in [4.69, 9.17) is 4.98 Å². The summed E-state index contributed by atoms with van der Waals surface area (Å²) in [6.07, 6.45) is 4.15. The standard InChI is InChI=1S/C21H26N4O3S/c1-14(26)24-9-5-15(6-10-24)21(28)25-8-3-2-4-18(25)20-22-17(12-19(27)23-20)16-7-11-29-13-16/h7,11-13,15,18H,2-6,8-10H2,1H3,(H,22,23,27)/t18-/m1/s1. The Hall–Kier alpha value is -2.48. The number of aromatic amines is 1. The van der Waals surface area contributed by atoms with Gasteiger partial charge in [-0.25, -0.2) is 4.98 Å². The molecule has 2 aromatic rings. The minimum absolute atomic E-state index is 0.0683. The SMILES string of the molecule is CC(=O)N1CCC(C(=O)N2CCCC[C@@H]2c2nc(-c3ccsc3)cc(=O)[nH]2)CC1. The average Bonchev–Trinajstić information content (AvgIpc) is 3.28. The molecule has 29 heavy (non-hydrogen) atoms. The highest BCUT2D eigenvalue weighted by Gasteiger charge is 2.35. The predicted octanol–water partition coefficient (Wildman–Crippen LogP) is 2.81. The number of nitrogens with one attached hydrogen (secondary N) is 1. The van der Waals surface area contributed by atoms with Gasteiger partial charge in [0.25, 0.3) is 5.56 Å². The van der Waals surface area contributed by atoms with Crippen LogP contribution in [0.15, 0.2) is 27.7 Å². The number of piperidine rings is 2. The lowest BCUT2D eigenvalue weighted by Crippen LogP contribution is -2.46. The molecule has 1 N–H and O–H groups in total. The molecule has 8 heteroatoms. The quantitative estimate of drug-likeness (QED) is 0.837. The maximum Gasteiger partial charge on any atom is 0.251 e. The van der Waals surface area contributed by atoms with Crippen molar-refractivity contribution in [3.05, 3.63) is 39.1 Å². The Morgan fingerprint density at radius 1 is 1.17 bits per heavy atom. The lowest BCUT2D eigenvalue weighted by molar-refractivity contribution is -0.143. The Labute approximate surface area is 173 Å². The van der Waals surface area contributed by atoms with E-state index in [1.807, 2.05) is 21.7 Å². The Morgan fingerprint density at radius 3 is 2.66 bits per heavy atom. The molecule has 1 atom stereocenters. The number of nitrogens with zero attached hydrogens (tertiary/aromatic N) is 3. The summed E-state index contributed by atoms with van der Waals surface area (Å²) in [5, 5.41) is 3.93. The molecule has 2 aromatic heterocycles. The summed E-state index contributed by atoms with van der Waals surface area (Å²) >= 11 is 1.56. The van der Waals surface area contributed by atoms with Crippen molar-refractivity contribution in [1.82, 2.24) is 19.8 Å². The smallest absolute Gasteiger partial charge is 0.251 e. The first-order valence-electron chi connectivity index (χ1n) is 10.2. The van der Waals surface area contributed by atoms with Crippen molar-refractivity contribution in [3.8, 4) is 11.3 Å². The Morgan fingerprint density at radius 2 is 1.97 bits per heavy atom. The molecule has 2 aliphatic rings. The van der Waals surface area contributed by atoms with Gasteiger partial charge < -0.3 is 14.8 Å². The fourth-order valence-electron chi connectivity index (χ4n) is 4.35. The maximum absolute atomic E-state index is 13.3. The van der Waals surface area contributed by atoms with Crippen LogP contribution in [0.5, 0.6) is 0 Å².